The number of carbonyl (C=O) groups excluding carboxylic acids is 1. The van der Waals surface area contributed by atoms with Crippen LogP contribution in [0.25, 0.3) is 33.2 Å². The van der Waals surface area contributed by atoms with Crippen LogP contribution in [0, 0.1) is 18.3 Å². The van der Waals surface area contributed by atoms with Gasteiger partial charge in [-0.15, -0.1) is 0 Å². The summed E-state index contributed by atoms with van der Waals surface area (Å²) < 4.78 is 47.7. The summed E-state index contributed by atoms with van der Waals surface area (Å²) in [4.78, 5) is 31.3. The Bertz CT molecular complexity index is 1800. The third kappa shape index (κ3) is 5.50. The smallest absolute Gasteiger partial charge is 0.320 e. The highest BCUT2D eigenvalue weighted by atomic mass is 19.3. The number of hydrogen-bond acceptors (Lipinski definition) is 9. The molecule has 0 aliphatic carbocycles. The molecule has 4 aromatic rings. The number of nitrogens with one attached hydrogen (secondary N) is 1. The highest BCUT2D eigenvalue weighted by Gasteiger charge is 2.43. The van der Waals surface area contributed by atoms with Crippen molar-refractivity contribution in [2.24, 2.45) is 0 Å². The molecule has 0 unspecified atom stereocenters. The van der Waals surface area contributed by atoms with E-state index >= 15 is 0 Å². The molecule has 2 aliphatic rings. The van der Waals surface area contributed by atoms with Crippen molar-refractivity contribution in [3.05, 3.63) is 48.4 Å². The quantitative estimate of drug-likeness (QED) is 0.311. The van der Waals surface area contributed by atoms with E-state index in [1.165, 1.54) is 4.90 Å². The molecule has 2 fully saturated rings. The second-order valence-electron chi connectivity index (χ2n) is 11.3. The van der Waals surface area contributed by atoms with E-state index in [-0.39, 0.29) is 51.6 Å². The highest BCUT2D eigenvalue weighted by molar-refractivity contribution is 5.97. The van der Waals surface area contributed by atoms with Gasteiger partial charge in [0, 0.05) is 43.0 Å². The molecule has 3 aromatic heterocycles. The lowest BCUT2D eigenvalue weighted by Gasteiger charge is -2.41. The molecule has 0 bridgehead atoms. The van der Waals surface area contributed by atoms with E-state index in [1.807, 2.05) is 36.1 Å². The number of H-pyrrole nitrogens is 1. The molecule has 11 nitrogen and oxygen atoms in total. The summed E-state index contributed by atoms with van der Waals surface area (Å²) in [5.74, 6) is -4.31. The van der Waals surface area contributed by atoms with Crippen LogP contribution in [-0.2, 0) is 4.79 Å². The highest BCUT2D eigenvalue weighted by Crippen LogP contribution is 2.35. The zero-order chi connectivity index (χ0) is 31.2. The zero-order valence-corrected chi connectivity index (χ0v) is 24.2. The number of rotatable bonds is 7. The van der Waals surface area contributed by atoms with Gasteiger partial charge in [-0.1, -0.05) is 12.6 Å². The molecule has 14 heteroatoms. The lowest BCUT2D eigenvalue weighted by molar-refractivity contribution is -0.131. The molecule has 1 aromatic carbocycles. The van der Waals surface area contributed by atoms with Crippen molar-refractivity contribution in [3.63, 3.8) is 0 Å². The largest absolute Gasteiger partial charge is 0.462 e. The lowest BCUT2D eigenvalue weighted by Crippen LogP contribution is -2.55. The maximum Gasteiger partial charge on any atom is 0.320 e. The standard InChI is InChI=1S/C30H30F3N9O2/c1-17-4-6-23-22(13-35-39-23)25(17)24-7-5-21-26(36-24)37-29(44-15-20-12-30(32,33)16-40(20)3)38-27(21)41-10-11-42(28(43)18(2)31)19(14-41)8-9-34/h4-7,13,19-20H,2,8,10-12,14-16H2,1,3H3,(H,35,39)/t19-,20-/m0/s1. The van der Waals surface area contributed by atoms with E-state index in [2.05, 4.69) is 32.8 Å². The van der Waals surface area contributed by atoms with Crippen molar-refractivity contribution in [1.82, 2.24) is 34.9 Å². The predicted octanol–water partition coefficient (Wildman–Crippen LogP) is 4.01. The summed E-state index contributed by atoms with van der Waals surface area (Å²) in [7, 11) is 1.62. The minimum atomic E-state index is -2.81. The second kappa shape index (κ2) is 11.4. The number of ether oxygens (including phenoxy) is 1. The van der Waals surface area contributed by atoms with Crippen LogP contribution in [0.3, 0.4) is 0 Å². The number of carbonyl (C=O) groups is 1. The number of benzene rings is 1. The van der Waals surface area contributed by atoms with Gasteiger partial charge in [0.1, 0.15) is 12.4 Å². The number of nitriles is 1. The van der Waals surface area contributed by atoms with Crippen molar-refractivity contribution in [1.29, 1.82) is 5.26 Å². The molecule has 2 saturated heterocycles. The summed E-state index contributed by atoms with van der Waals surface area (Å²) in [6.45, 7) is 5.28. The number of alkyl halides is 2. The summed E-state index contributed by atoms with van der Waals surface area (Å²) in [6, 6.07) is 8.51. The predicted molar refractivity (Wildman–Crippen MR) is 157 cm³/mol. The topological polar surface area (TPSA) is 127 Å². The first-order valence-corrected chi connectivity index (χ1v) is 14.1. The molecule has 0 spiro atoms. The molecule has 1 N–H and O–H groups in total. The number of likely N-dealkylation sites (tertiary alicyclic amines) is 1. The fourth-order valence-corrected chi connectivity index (χ4v) is 6.05. The minimum Gasteiger partial charge on any atom is -0.462 e. The summed E-state index contributed by atoms with van der Waals surface area (Å²) in [5.41, 5.74) is 3.68. The Balaban J connectivity index is 1.40. The van der Waals surface area contributed by atoms with Crippen molar-refractivity contribution in [2.45, 2.75) is 37.8 Å². The summed E-state index contributed by atoms with van der Waals surface area (Å²) in [5, 5.41) is 18.1. The minimum absolute atomic E-state index is 0.0273. The van der Waals surface area contributed by atoms with E-state index in [4.69, 9.17) is 9.72 Å². The average Bonchev–Trinajstić information content (AvgIpc) is 3.57. The molecule has 5 heterocycles. The van der Waals surface area contributed by atoms with Gasteiger partial charge < -0.3 is 14.5 Å². The first-order valence-electron chi connectivity index (χ1n) is 14.1. The van der Waals surface area contributed by atoms with Crippen LogP contribution in [0.5, 0.6) is 6.01 Å². The van der Waals surface area contributed by atoms with E-state index in [0.717, 1.165) is 22.0 Å². The van der Waals surface area contributed by atoms with Gasteiger partial charge in [0.05, 0.1) is 47.9 Å². The first kappa shape index (κ1) is 29.3. The number of aromatic nitrogens is 5. The number of likely N-dealkylation sites (N-methyl/N-ethyl adjacent to an activating group) is 1. The maximum atomic E-state index is 14.0. The summed E-state index contributed by atoms with van der Waals surface area (Å²) in [6.07, 6.45) is 1.37. The molecule has 2 atom stereocenters. The Morgan fingerprint density at radius 2 is 2.00 bits per heavy atom. The monoisotopic (exact) mass is 605 g/mol. The van der Waals surface area contributed by atoms with Crippen LogP contribution < -0.4 is 9.64 Å². The Morgan fingerprint density at radius 3 is 2.73 bits per heavy atom. The van der Waals surface area contributed by atoms with Gasteiger partial charge in [-0.25, -0.2) is 18.2 Å². The third-order valence-electron chi connectivity index (χ3n) is 8.25. The summed E-state index contributed by atoms with van der Waals surface area (Å²) >= 11 is 0. The van der Waals surface area contributed by atoms with Gasteiger partial charge >= 0.3 is 6.01 Å². The van der Waals surface area contributed by atoms with Crippen LogP contribution in [0.2, 0.25) is 0 Å². The van der Waals surface area contributed by atoms with Crippen LogP contribution in [0.1, 0.15) is 18.4 Å². The number of halogens is 3. The molecule has 1 amide bonds. The van der Waals surface area contributed by atoms with Crippen LogP contribution in [0.4, 0.5) is 19.0 Å². The van der Waals surface area contributed by atoms with Crippen molar-refractivity contribution in [3.8, 4) is 23.3 Å². The van der Waals surface area contributed by atoms with Crippen molar-refractivity contribution < 1.29 is 22.7 Å². The number of hydrogen-bond donors (Lipinski definition) is 1. The zero-order valence-electron chi connectivity index (χ0n) is 24.2. The second-order valence-corrected chi connectivity index (χ2v) is 11.3. The van der Waals surface area contributed by atoms with Crippen LogP contribution in [-0.4, -0.2) is 98.7 Å². The van der Waals surface area contributed by atoms with E-state index in [0.29, 0.717) is 22.5 Å². The van der Waals surface area contributed by atoms with Gasteiger partial charge in [0.2, 0.25) is 0 Å². The third-order valence-corrected chi connectivity index (χ3v) is 8.25. The van der Waals surface area contributed by atoms with E-state index < -0.39 is 29.7 Å². The molecular weight excluding hydrogens is 575 g/mol. The number of nitrogens with zero attached hydrogens (tertiary/aromatic N) is 8. The molecule has 0 radical (unpaired) electrons. The van der Waals surface area contributed by atoms with Gasteiger partial charge in [0.15, 0.2) is 11.5 Å². The molecule has 228 valence electrons. The molecule has 0 saturated carbocycles. The number of aromatic amines is 1. The molecule has 44 heavy (non-hydrogen) atoms. The van der Waals surface area contributed by atoms with Gasteiger partial charge in [-0.2, -0.15) is 20.3 Å². The molecule has 6 rings (SSSR count). The Labute approximate surface area is 250 Å². The van der Waals surface area contributed by atoms with Crippen molar-refractivity contribution in [2.75, 3.05) is 44.7 Å². The normalized spacial score (nSPS) is 20.3. The molecular formula is C30H30F3N9O2. The fraction of sp³-hybridized carbons (Fsp3) is 0.400. The number of pyridine rings is 1. The van der Waals surface area contributed by atoms with Gasteiger partial charge in [-0.05, 0) is 37.7 Å². The van der Waals surface area contributed by atoms with Gasteiger partial charge in [0.25, 0.3) is 11.8 Å². The Kier molecular flexibility index (Phi) is 7.58. The number of aryl methyl sites for hydroxylation is 1. The van der Waals surface area contributed by atoms with E-state index in [9.17, 15) is 23.2 Å². The first-order chi connectivity index (χ1) is 21.0. The number of piperazine rings is 1. The van der Waals surface area contributed by atoms with Crippen LogP contribution in [0.15, 0.2) is 42.9 Å². The fourth-order valence-electron chi connectivity index (χ4n) is 6.05. The SMILES string of the molecule is C=C(F)C(=O)N1CCN(c2nc(OC[C@@H]3CC(F)(F)CN3C)nc3nc(-c4c(C)ccc5[nH]ncc45)ccc23)C[C@@H]1CC#N. The number of anilines is 1. The van der Waals surface area contributed by atoms with Crippen LogP contribution >= 0.6 is 0 Å². The number of amides is 1. The molecule has 2 aliphatic heterocycles. The van der Waals surface area contributed by atoms with Gasteiger partial charge in [-0.3, -0.25) is 14.8 Å². The maximum absolute atomic E-state index is 14.0. The number of fused-ring (bicyclic) bond motifs is 2. The lowest BCUT2D eigenvalue weighted by atomic mass is 10.0. The van der Waals surface area contributed by atoms with E-state index in [1.54, 1.807) is 18.1 Å². The Hall–Kier alpha value is -4.77. The Morgan fingerprint density at radius 1 is 1.18 bits per heavy atom. The average molecular weight is 606 g/mol. The van der Waals surface area contributed by atoms with Crippen molar-refractivity contribution >= 4 is 33.7 Å².